The van der Waals surface area contributed by atoms with Crippen molar-refractivity contribution < 1.29 is 0 Å². The van der Waals surface area contributed by atoms with E-state index in [4.69, 9.17) is 11.6 Å². The molecule has 0 bridgehead atoms. The molecule has 0 spiro atoms. The summed E-state index contributed by atoms with van der Waals surface area (Å²) in [4.78, 5) is 3.49. The lowest BCUT2D eigenvalue weighted by molar-refractivity contribution is 0.353. The molecule has 1 heterocycles. The van der Waals surface area contributed by atoms with Gasteiger partial charge in [0.15, 0.2) is 0 Å². The Morgan fingerprint density at radius 3 is 2.68 bits per heavy atom. The van der Waals surface area contributed by atoms with Crippen LogP contribution < -0.4 is 0 Å². The van der Waals surface area contributed by atoms with E-state index in [1.165, 1.54) is 47.8 Å². The van der Waals surface area contributed by atoms with Crippen molar-refractivity contribution in [2.45, 2.75) is 52.9 Å². The largest absolute Gasteiger partial charge is 0.358 e. The predicted octanol–water partition coefficient (Wildman–Crippen LogP) is 6.13. The van der Waals surface area contributed by atoms with Crippen LogP contribution >= 0.6 is 11.6 Å². The Kier molecular flexibility index (Phi) is 3.34. The molecule has 2 aliphatic carbocycles. The number of nitrogens with one attached hydrogen (secondary N) is 1. The maximum Gasteiger partial charge on any atom is 0.0502 e. The summed E-state index contributed by atoms with van der Waals surface area (Å²) in [6.07, 6.45) is 6.80. The van der Waals surface area contributed by atoms with Crippen molar-refractivity contribution in [1.82, 2.24) is 4.98 Å². The van der Waals surface area contributed by atoms with Crippen LogP contribution in [0.15, 0.2) is 18.2 Å². The third-order valence-corrected chi connectivity index (χ3v) is 6.91. The zero-order chi connectivity index (χ0) is 15.5. The number of benzene rings is 1. The fourth-order valence-electron chi connectivity index (χ4n) is 5.12. The van der Waals surface area contributed by atoms with Crippen molar-refractivity contribution in [2.24, 2.45) is 23.2 Å². The van der Waals surface area contributed by atoms with Crippen LogP contribution in [0.25, 0.3) is 10.9 Å². The van der Waals surface area contributed by atoms with Gasteiger partial charge in [-0.1, -0.05) is 37.9 Å². The fourth-order valence-corrected chi connectivity index (χ4v) is 5.41. The van der Waals surface area contributed by atoms with Crippen molar-refractivity contribution in [2.75, 3.05) is 0 Å². The number of hydrogen-bond donors (Lipinski definition) is 1. The zero-order valence-electron chi connectivity index (χ0n) is 13.9. The molecule has 4 rings (SSSR count). The number of halogens is 1. The maximum atomic E-state index is 6.42. The molecule has 1 N–H and O–H groups in total. The van der Waals surface area contributed by atoms with Gasteiger partial charge < -0.3 is 4.98 Å². The SMILES string of the molecule is Cc1[nH]c2cccc(Cl)c2c1CCCC1C[C@@H]2[C@H](C1)C2(C)C. The van der Waals surface area contributed by atoms with Gasteiger partial charge in [-0.15, -0.1) is 0 Å². The molecule has 1 nitrogen and oxygen atoms in total. The van der Waals surface area contributed by atoms with E-state index < -0.39 is 0 Å². The third kappa shape index (κ3) is 2.21. The molecule has 1 unspecified atom stereocenters. The predicted molar refractivity (Wildman–Crippen MR) is 94.5 cm³/mol. The third-order valence-electron chi connectivity index (χ3n) is 6.59. The smallest absolute Gasteiger partial charge is 0.0502 e. The van der Waals surface area contributed by atoms with Crippen molar-refractivity contribution in [3.63, 3.8) is 0 Å². The number of hydrogen-bond acceptors (Lipinski definition) is 0. The minimum Gasteiger partial charge on any atom is -0.358 e. The first-order valence-corrected chi connectivity index (χ1v) is 9.12. The summed E-state index contributed by atoms with van der Waals surface area (Å²) in [5, 5.41) is 2.14. The van der Waals surface area contributed by atoms with Gasteiger partial charge in [0, 0.05) is 16.6 Å². The summed E-state index contributed by atoms with van der Waals surface area (Å²) in [6, 6.07) is 6.16. The normalized spacial score (nSPS) is 29.0. The molecule has 0 amide bonds. The summed E-state index contributed by atoms with van der Waals surface area (Å²) in [5.41, 5.74) is 4.57. The Hall–Kier alpha value is -0.950. The molecular formula is C20H26ClN. The van der Waals surface area contributed by atoms with Gasteiger partial charge in [0.05, 0.1) is 5.02 Å². The second kappa shape index (κ2) is 5.03. The van der Waals surface area contributed by atoms with Crippen LogP contribution in [-0.2, 0) is 6.42 Å². The first kappa shape index (κ1) is 14.6. The second-order valence-electron chi connectivity index (χ2n) is 8.15. The van der Waals surface area contributed by atoms with Gasteiger partial charge in [0.1, 0.15) is 0 Å². The molecule has 0 radical (unpaired) electrons. The first-order valence-electron chi connectivity index (χ1n) is 8.74. The van der Waals surface area contributed by atoms with Crippen LogP contribution in [0.5, 0.6) is 0 Å². The average Bonchev–Trinajstić information content (AvgIpc) is 2.86. The number of fused-ring (bicyclic) bond motifs is 2. The Labute approximate surface area is 138 Å². The summed E-state index contributed by atoms with van der Waals surface area (Å²) < 4.78 is 0. The monoisotopic (exact) mass is 315 g/mol. The molecule has 2 aliphatic rings. The van der Waals surface area contributed by atoms with Crippen LogP contribution in [0.4, 0.5) is 0 Å². The standard InChI is InChI=1S/C20H26ClN/c1-12-14(19-17(21)8-5-9-18(19)22-12)7-4-6-13-10-15-16(11-13)20(15,2)3/h5,8-9,13,15-16,22H,4,6-7,10-11H2,1-3H3/t13?,15-,16+. The zero-order valence-corrected chi connectivity index (χ0v) is 14.6. The lowest BCUT2D eigenvalue weighted by atomic mass is 9.89. The summed E-state index contributed by atoms with van der Waals surface area (Å²) in [7, 11) is 0. The molecule has 3 atom stereocenters. The van der Waals surface area contributed by atoms with E-state index in [0.717, 1.165) is 29.2 Å². The fraction of sp³-hybridized carbons (Fsp3) is 0.600. The molecule has 0 saturated heterocycles. The van der Waals surface area contributed by atoms with Crippen LogP contribution in [0.2, 0.25) is 5.02 Å². The highest BCUT2D eigenvalue weighted by Gasteiger charge is 2.61. The number of H-pyrrole nitrogens is 1. The Morgan fingerprint density at radius 2 is 1.95 bits per heavy atom. The van der Waals surface area contributed by atoms with Crippen LogP contribution in [0.1, 0.15) is 50.8 Å². The number of aryl methyl sites for hydroxylation is 2. The molecule has 2 aromatic rings. The summed E-state index contributed by atoms with van der Waals surface area (Å²) in [5.74, 6) is 3.03. The van der Waals surface area contributed by atoms with Crippen LogP contribution in [-0.4, -0.2) is 4.98 Å². The van der Waals surface area contributed by atoms with Gasteiger partial charge in [-0.3, -0.25) is 0 Å². The van der Waals surface area contributed by atoms with E-state index in [-0.39, 0.29) is 0 Å². The van der Waals surface area contributed by atoms with Crippen molar-refractivity contribution >= 4 is 22.5 Å². The summed E-state index contributed by atoms with van der Waals surface area (Å²) in [6.45, 7) is 7.09. The molecule has 1 aromatic heterocycles. The number of rotatable bonds is 4. The number of aromatic nitrogens is 1. The molecule has 2 saturated carbocycles. The van der Waals surface area contributed by atoms with Crippen molar-refractivity contribution in [3.05, 3.63) is 34.5 Å². The van der Waals surface area contributed by atoms with E-state index >= 15 is 0 Å². The van der Waals surface area contributed by atoms with Gasteiger partial charge in [-0.25, -0.2) is 0 Å². The Balaban J connectivity index is 1.40. The maximum absolute atomic E-state index is 6.42. The minimum absolute atomic E-state index is 0.664. The van der Waals surface area contributed by atoms with Gasteiger partial charge in [0.2, 0.25) is 0 Å². The summed E-state index contributed by atoms with van der Waals surface area (Å²) >= 11 is 6.42. The highest BCUT2D eigenvalue weighted by molar-refractivity contribution is 6.35. The molecule has 2 heteroatoms. The Morgan fingerprint density at radius 1 is 1.23 bits per heavy atom. The molecule has 2 fully saturated rings. The lowest BCUT2D eigenvalue weighted by Gasteiger charge is -2.16. The first-order chi connectivity index (χ1) is 10.5. The van der Waals surface area contributed by atoms with E-state index in [1.807, 2.05) is 12.1 Å². The van der Waals surface area contributed by atoms with Crippen molar-refractivity contribution in [3.8, 4) is 0 Å². The molecule has 22 heavy (non-hydrogen) atoms. The lowest BCUT2D eigenvalue weighted by Crippen LogP contribution is -2.06. The van der Waals surface area contributed by atoms with Gasteiger partial charge in [-0.2, -0.15) is 0 Å². The quantitative estimate of drug-likeness (QED) is 0.698. The van der Waals surface area contributed by atoms with E-state index in [9.17, 15) is 0 Å². The van der Waals surface area contributed by atoms with Gasteiger partial charge >= 0.3 is 0 Å². The van der Waals surface area contributed by atoms with Crippen LogP contribution in [0.3, 0.4) is 0 Å². The number of aromatic amines is 1. The highest BCUT2D eigenvalue weighted by atomic mass is 35.5. The minimum atomic E-state index is 0.664. The van der Waals surface area contributed by atoms with Gasteiger partial charge in [-0.05, 0) is 73.5 Å². The topological polar surface area (TPSA) is 15.8 Å². The Bertz CT molecular complexity index is 698. The molecule has 1 aromatic carbocycles. The van der Waals surface area contributed by atoms with E-state index in [0.29, 0.717) is 5.41 Å². The highest BCUT2D eigenvalue weighted by Crippen LogP contribution is 2.68. The van der Waals surface area contributed by atoms with Crippen LogP contribution in [0, 0.1) is 30.1 Å². The average molecular weight is 316 g/mol. The van der Waals surface area contributed by atoms with E-state index in [1.54, 1.807) is 0 Å². The second-order valence-corrected chi connectivity index (χ2v) is 8.56. The van der Waals surface area contributed by atoms with E-state index in [2.05, 4.69) is 31.8 Å². The van der Waals surface area contributed by atoms with Gasteiger partial charge in [0.25, 0.3) is 0 Å². The molecular weight excluding hydrogens is 290 g/mol. The molecule has 0 aliphatic heterocycles. The molecule has 118 valence electrons. The van der Waals surface area contributed by atoms with Crippen molar-refractivity contribution in [1.29, 1.82) is 0 Å².